The van der Waals surface area contributed by atoms with E-state index in [9.17, 15) is 9.59 Å². The maximum absolute atomic E-state index is 10.9. The van der Waals surface area contributed by atoms with Gasteiger partial charge in [-0.05, 0) is 31.9 Å². The number of pyridine rings is 1. The summed E-state index contributed by atoms with van der Waals surface area (Å²) in [5.74, 6) is 0. The Morgan fingerprint density at radius 1 is 1.07 bits per heavy atom. The molecule has 0 fully saturated rings. The van der Waals surface area contributed by atoms with Crippen molar-refractivity contribution in [1.82, 2.24) is 4.98 Å². The molecule has 15 heavy (non-hydrogen) atoms. The highest BCUT2D eigenvalue weighted by molar-refractivity contribution is 9.11. The molecule has 6 heteroatoms. The molecule has 0 aromatic carbocycles. The Morgan fingerprint density at radius 2 is 1.47 bits per heavy atom. The van der Waals surface area contributed by atoms with Crippen molar-refractivity contribution in [3.8, 4) is 0 Å². The molecule has 1 aromatic rings. The van der Waals surface area contributed by atoms with Crippen LogP contribution in [-0.2, 0) is 0 Å². The Morgan fingerprint density at radius 3 is 1.73 bits per heavy atom. The van der Waals surface area contributed by atoms with Crippen LogP contribution in [0, 0.1) is 0 Å². The van der Waals surface area contributed by atoms with E-state index >= 15 is 0 Å². The lowest BCUT2D eigenvalue weighted by molar-refractivity contribution is 0.112. The zero-order valence-corrected chi connectivity index (χ0v) is 11.3. The van der Waals surface area contributed by atoms with E-state index in [4.69, 9.17) is 0 Å². The van der Waals surface area contributed by atoms with Crippen LogP contribution >= 0.6 is 31.9 Å². The summed E-state index contributed by atoms with van der Waals surface area (Å²) < 4.78 is 0.831. The van der Waals surface area contributed by atoms with E-state index in [1.54, 1.807) is 19.0 Å². The number of carbonyl (C=O) groups excluding carboxylic acids is 2. The molecule has 0 amide bonds. The van der Waals surface area contributed by atoms with Gasteiger partial charge in [0.2, 0.25) is 0 Å². The molecule has 0 radical (unpaired) electrons. The van der Waals surface area contributed by atoms with Gasteiger partial charge in [-0.1, -0.05) is 0 Å². The normalized spacial score (nSPS) is 9.87. The number of aromatic nitrogens is 1. The van der Waals surface area contributed by atoms with Crippen LogP contribution in [0.3, 0.4) is 0 Å². The zero-order chi connectivity index (χ0) is 11.6. The van der Waals surface area contributed by atoms with Crippen molar-refractivity contribution in [3.63, 3.8) is 0 Å². The van der Waals surface area contributed by atoms with Crippen molar-refractivity contribution < 1.29 is 9.59 Å². The standard InChI is InChI=1S/C9H8Br2N2O2/c1-13(2)7-5(3-14)8(10)12-9(11)6(7)4-15/h3-4H,1-2H3. The smallest absolute Gasteiger partial charge is 0.154 e. The summed E-state index contributed by atoms with van der Waals surface area (Å²) in [6, 6.07) is 0. The van der Waals surface area contributed by atoms with E-state index < -0.39 is 0 Å². The van der Waals surface area contributed by atoms with Gasteiger partial charge in [0.05, 0.1) is 16.8 Å². The van der Waals surface area contributed by atoms with Crippen LogP contribution in [0.25, 0.3) is 0 Å². The first-order valence-electron chi connectivity index (χ1n) is 3.99. The highest BCUT2D eigenvalue weighted by Gasteiger charge is 2.17. The van der Waals surface area contributed by atoms with E-state index in [1.165, 1.54) is 0 Å². The average Bonchev–Trinajstić information content (AvgIpc) is 2.16. The van der Waals surface area contributed by atoms with Crippen LogP contribution < -0.4 is 4.90 Å². The molecule has 0 bridgehead atoms. The summed E-state index contributed by atoms with van der Waals surface area (Å²) in [6.45, 7) is 0. The topological polar surface area (TPSA) is 50.3 Å². The van der Waals surface area contributed by atoms with Crippen molar-refractivity contribution >= 4 is 50.1 Å². The monoisotopic (exact) mass is 334 g/mol. The quantitative estimate of drug-likeness (QED) is 0.628. The SMILES string of the molecule is CN(C)c1c(C=O)c(Br)nc(Br)c1C=O. The van der Waals surface area contributed by atoms with Crippen LogP contribution in [0.15, 0.2) is 9.21 Å². The largest absolute Gasteiger partial charge is 0.376 e. The number of hydrogen-bond acceptors (Lipinski definition) is 4. The van der Waals surface area contributed by atoms with Crippen LogP contribution in [0.2, 0.25) is 0 Å². The second-order valence-corrected chi connectivity index (χ2v) is 4.50. The molecular formula is C9H8Br2N2O2. The van der Waals surface area contributed by atoms with Crippen molar-refractivity contribution in [2.75, 3.05) is 19.0 Å². The van der Waals surface area contributed by atoms with Gasteiger partial charge in [-0.25, -0.2) is 4.98 Å². The fourth-order valence-corrected chi connectivity index (χ4v) is 2.39. The summed E-state index contributed by atoms with van der Waals surface area (Å²) >= 11 is 6.35. The third-order valence-electron chi connectivity index (χ3n) is 1.83. The Balaban J connectivity index is 3.65. The van der Waals surface area contributed by atoms with Gasteiger partial charge >= 0.3 is 0 Å². The molecule has 0 saturated heterocycles. The van der Waals surface area contributed by atoms with Crippen molar-refractivity contribution in [3.05, 3.63) is 20.3 Å². The van der Waals surface area contributed by atoms with Crippen LogP contribution in [0.1, 0.15) is 20.7 Å². The lowest BCUT2D eigenvalue weighted by atomic mass is 10.1. The number of hydrogen-bond donors (Lipinski definition) is 0. The maximum Gasteiger partial charge on any atom is 0.154 e. The number of anilines is 1. The number of nitrogens with zero attached hydrogens (tertiary/aromatic N) is 2. The van der Waals surface area contributed by atoms with Gasteiger partial charge in [0.25, 0.3) is 0 Å². The summed E-state index contributed by atoms with van der Waals surface area (Å²) in [5.41, 5.74) is 1.28. The molecule has 0 aliphatic carbocycles. The molecule has 0 saturated carbocycles. The lowest BCUT2D eigenvalue weighted by Gasteiger charge is -2.18. The number of carbonyl (C=O) groups is 2. The van der Waals surface area contributed by atoms with Gasteiger partial charge < -0.3 is 4.90 Å². The fraction of sp³-hybridized carbons (Fsp3) is 0.222. The Labute approximate surface area is 104 Å². The van der Waals surface area contributed by atoms with Crippen LogP contribution in [0.4, 0.5) is 5.69 Å². The summed E-state index contributed by atoms with van der Waals surface area (Å²) in [6.07, 6.45) is 1.34. The third kappa shape index (κ3) is 2.26. The van der Waals surface area contributed by atoms with Crippen LogP contribution in [-0.4, -0.2) is 31.7 Å². The predicted octanol–water partition coefficient (Wildman–Crippen LogP) is 2.30. The van der Waals surface area contributed by atoms with Crippen molar-refractivity contribution in [2.45, 2.75) is 0 Å². The Kier molecular flexibility index (Phi) is 3.98. The van der Waals surface area contributed by atoms with Gasteiger partial charge in [-0.15, -0.1) is 0 Å². The van der Waals surface area contributed by atoms with Gasteiger partial charge in [0.15, 0.2) is 12.6 Å². The first-order valence-corrected chi connectivity index (χ1v) is 5.58. The van der Waals surface area contributed by atoms with Gasteiger partial charge in [-0.2, -0.15) is 0 Å². The second kappa shape index (κ2) is 4.85. The molecule has 4 nitrogen and oxygen atoms in total. The highest BCUT2D eigenvalue weighted by atomic mass is 79.9. The van der Waals surface area contributed by atoms with Crippen LogP contribution in [0.5, 0.6) is 0 Å². The Bertz CT molecular complexity index is 387. The summed E-state index contributed by atoms with van der Waals surface area (Å²) in [5, 5.41) is 0. The maximum atomic E-state index is 10.9. The molecule has 80 valence electrons. The molecule has 1 aromatic heterocycles. The second-order valence-electron chi connectivity index (χ2n) is 3.00. The minimum Gasteiger partial charge on any atom is -0.376 e. The van der Waals surface area contributed by atoms with E-state index in [0.29, 0.717) is 38.6 Å². The van der Waals surface area contributed by atoms with E-state index in [-0.39, 0.29) is 0 Å². The fourth-order valence-electron chi connectivity index (χ4n) is 1.24. The minimum absolute atomic E-state index is 0.366. The summed E-state index contributed by atoms with van der Waals surface area (Å²) in [7, 11) is 3.52. The average molecular weight is 336 g/mol. The number of halogens is 2. The van der Waals surface area contributed by atoms with Gasteiger partial charge in [-0.3, -0.25) is 9.59 Å². The van der Waals surface area contributed by atoms with E-state index in [1.807, 2.05) is 0 Å². The molecule has 0 aliphatic rings. The van der Waals surface area contributed by atoms with E-state index in [0.717, 1.165) is 0 Å². The Hall–Kier alpha value is -0.750. The molecule has 1 heterocycles. The minimum atomic E-state index is 0.366. The van der Waals surface area contributed by atoms with Gasteiger partial charge in [0, 0.05) is 14.1 Å². The molecule has 0 atom stereocenters. The molecule has 0 aliphatic heterocycles. The van der Waals surface area contributed by atoms with E-state index in [2.05, 4.69) is 36.8 Å². The van der Waals surface area contributed by atoms with Crippen molar-refractivity contribution in [2.24, 2.45) is 0 Å². The molecule has 0 unspecified atom stereocenters. The third-order valence-corrected chi connectivity index (χ3v) is 3.04. The number of rotatable bonds is 3. The van der Waals surface area contributed by atoms with Gasteiger partial charge in [0.1, 0.15) is 9.21 Å². The predicted molar refractivity (Wildman–Crippen MR) is 64.7 cm³/mol. The zero-order valence-electron chi connectivity index (χ0n) is 8.12. The van der Waals surface area contributed by atoms with Crippen molar-refractivity contribution in [1.29, 1.82) is 0 Å². The number of aldehydes is 2. The molecule has 1 rings (SSSR count). The first-order chi connectivity index (χ1) is 7.02. The molecule has 0 spiro atoms. The molecule has 0 N–H and O–H groups in total. The first kappa shape index (κ1) is 12.3. The summed E-state index contributed by atoms with van der Waals surface area (Å²) in [4.78, 5) is 27.5. The molecular weight excluding hydrogens is 328 g/mol. The lowest BCUT2D eigenvalue weighted by Crippen LogP contribution is -2.15. The highest BCUT2D eigenvalue weighted by Crippen LogP contribution is 2.31.